The van der Waals surface area contributed by atoms with Gasteiger partial charge in [0.15, 0.2) is 0 Å². The van der Waals surface area contributed by atoms with E-state index >= 15 is 0 Å². The fourth-order valence-electron chi connectivity index (χ4n) is 2.33. The van der Waals surface area contributed by atoms with Crippen molar-refractivity contribution in [3.8, 4) is 0 Å². The first-order valence-corrected chi connectivity index (χ1v) is 7.77. The van der Waals surface area contributed by atoms with Crippen molar-refractivity contribution in [3.63, 3.8) is 0 Å². The Morgan fingerprint density at radius 1 is 1.00 bits per heavy atom. The summed E-state index contributed by atoms with van der Waals surface area (Å²) in [6.07, 6.45) is 0. The second kappa shape index (κ2) is 5.08. The highest BCUT2D eigenvalue weighted by Crippen LogP contribution is 2.33. The molecule has 0 aliphatic carbocycles. The van der Waals surface area contributed by atoms with Crippen LogP contribution in [0.15, 0.2) is 53.0 Å². The Morgan fingerprint density at radius 2 is 1.74 bits per heavy atom. The minimum Gasteiger partial charge on any atom is -0.320 e. The van der Waals surface area contributed by atoms with Crippen LogP contribution in [0.5, 0.6) is 0 Å². The van der Waals surface area contributed by atoms with Crippen molar-refractivity contribution in [2.45, 2.75) is 13.0 Å². The van der Waals surface area contributed by atoms with E-state index in [4.69, 9.17) is 5.73 Å². The van der Waals surface area contributed by atoms with Gasteiger partial charge >= 0.3 is 0 Å². The lowest BCUT2D eigenvalue weighted by Gasteiger charge is -2.14. The van der Waals surface area contributed by atoms with Crippen molar-refractivity contribution >= 4 is 38.0 Å². The minimum absolute atomic E-state index is 0.0586. The average Bonchev–Trinajstić information content (AvgIpc) is 2.86. The van der Waals surface area contributed by atoms with Crippen LogP contribution in [-0.4, -0.2) is 0 Å². The van der Waals surface area contributed by atoms with E-state index in [0.29, 0.717) is 0 Å². The van der Waals surface area contributed by atoms with Crippen LogP contribution in [0.4, 0.5) is 0 Å². The number of thiophene rings is 1. The van der Waals surface area contributed by atoms with Gasteiger partial charge in [0.1, 0.15) is 0 Å². The van der Waals surface area contributed by atoms with Gasteiger partial charge in [-0.05, 0) is 41.5 Å². The van der Waals surface area contributed by atoms with E-state index in [9.17, 15) is 0 Å². The molecular formula is C16H14BrNS. The van der Waals surface area contributed by atoms with Gasteiger partial charge in [-0.25, -0.2) is 0 Å². The number of rotatable bonds is 2. The SMILES string of the molecule is Cc1ccc(C(N)c2ccc(Br)c3ccccc23)s1. The normalized spacial score (nSPS) is 12.8. The van der Waals surface area contributed by atoms with Crippen molar-refractivity contribution in [1.82, 2.24) is 0 Å². The monoisotopic (exact) mass is 331 g/mol. The topological polar surface area (TPSA) is 26.0 Å². The molecule has 2 N–H and O–H groups in total. The maximum absolute atomic E-state index is 6.44. The molecule has 0 saturated carbocycles. The summed E-state index contributed by atoms with van der Waals surface area (Å²) < 4.78 is 1.11. The third-order valence-corrected chi connectivity index (χ3v) is 5.08. The van der Waals surface area contributed by atoms with Crippen LogP contribution in [-0.2, 0) is 0 Å². The maximum Gasteiger partial charge on any atom is 0.0652 e. The largest absolute Gasteiger partial charge is 0.320 e. The number of hydrogen-bond donors (Lipinski definition) is 1. The molecule has 0 amide bonds. The van der Waals surface area contributed by atoms with Crippen LogP contribution < -0.4 is 5.73 Å². The molecule has 96 valence electrons. The summed E-state index contributed by atoms with van der Waals surface area (Å²) in [5, 5.41) is 2.43. The van der Waals surface area contributed by atoms with Crippen LogP contribution >= 0.6 is 27.3 Å². The van der Waals surface area contributed by atoms with Gasteiger partial charge in [-0.3, -0.25) is 0 Å². The fourth-order valence-corrected chi connectivity index (χ4v) is 3.71. The molecule has 3 aromatic rings. The molecule has 1 atom stereocenters. The molecule has 19 heavy (non-hydrogen) atoms. The van der Waals surface area contributed by atoms with E-state index in [1.807, 2.05) is 0 Å². The predicted octanol–water partition coefficient (Wildman–Crippen LogP) is 5.02. The summed E-state index contributed by atoms with van der Waals surface area (Å²) in [6, 6.07) is 16.8. The molecule has 0 fully saturated rings. The van der Waals surface area contributed by atoms with Gasteiger partial charge in [-0.1, -0.05) is 46.3 Å². The minimum atomic E-state index is -0.0586. The molecule has 0 aliphatic rings. The van der Waals surface area contributed by atoms with Crippen molar-refractivity contribution < 1.29 is 0 Å². The molecule has 0 saturated heterocycles. The van der Waals surface area contributed by atoms with Crippen LogP contribution in [0.2, 0.25) is 0 Å². The maximum atomic E-state index is 6.44. The standard InChI is InChI=1S/C16H14BrNS/c1-10-6-9-15(19-10)16(18)13-7-8-14(17)12-5-3-2-4-11(12)13/h2-9,16H,18H2,1H3. The fraction of sp³-hybridized carbons (Fsp3) is 0.125. The van der Waals surface area contributed by atoms with E-state index in [2.05, 4.69) is 71.4 Å². The second-order valence-corrected chi connectivity index (χ2v) is 6.78. The smallest absolute Gasteiger partial charge is 0.0652 e. The third-order valence-electron chi connectivity index (χ3n) is 3.31. The second-order valence-electron chi connectivity index (χ2n) is 4.61. The molecule has 0 aliphatic heterocycles. The lowest BCUT2D eigenvalue weighted by molar-refractivity contribution is 0.903. The molecule has 1 aromatic heterocycles. The summed E-state index contributed by atoms with van der Waals surface area (Å²) in [7, 11) is 0. The van der Waals surface area contributed by atoms with Crippen LogP contribution in [0.3, 0.4) is 0 Å². The molecule has 0 bridgehead atoms. The van der Waals surface area contributed by atoms with Crippen molar-refractivity contribution in [1.29, 1.82) is 0 Å². The number of hydrogen-bond acceptors (Lipinski definition) is 2. The van der Waals surface area contributed by atoms with Crippen LogP contribution in [0, 0.1) is 6.92 Å². The molecule has 0 radical (unpaired) electrons. The average molecular weight is 332 g/mol. The van der Waals surface area contributed by atoms with E-state index < -0.39 is 0 Å². The van der Waals surface area contributed by atoms with Crippen LogP contribution in [0.25, 0.3) is 10.8 Å². The van der Waals surface area contributed by atoms with Crippen molar-refractivity contribution in [3.05, 3.63) is 68.3 Å². The molecule has 0 spiro atoms. The first-order valence-electron chi connectivity index (χ1n) is 6.16. The zero-order chi connectivity index (χ0) is 13.4. The van der Waals surface area contributed by atoms with E-state index in [0.717, 1.165) is 4.47 Å². The van der Waals surface area contributed by atoms with Gasteiger partial charge in [0.2, 0.25) is 0 Å². The Bertz CT molecular complexity index is 732. The van der Waals surface area contributed by atoms with Crippen molar-refractivity contribution in [2.24, 2.45) is 5.73 Å². The number of fused-ring (bicyclic) bond motifs is 1. The van der Waals surface area contributed by atoms with E-state index in [1.54, 1.807) is 11.3 Å². The zero-order valence-electron chi connectivity index (χ0n) is 10.6. The number of aryl methyl sites for hydroxylation is 1. The lowest BCUT2D eigenvalue weighted by atomic mass is 9.98. The summed E-state index contributed by atoms with van der Waals surface area (Å²) in [6.45, 7) is 2.11. The van der Waals surface area contributed by atoms with Gasteiger partial charge in [0.05, 0.1) is 6.04 Å². The molecule has 2 aromatic carbocycles. The Balaban J connectivity index is 2.18. The molecule has 1 heterocycles. The summed E-state index contributed by atoms with van der Waals surface area (Å²) in [5.74, 6) is 0. The molecule has 3 heteroatoms. The highest BCUT2D eigenvalue weighted by molar-refractivity contribution is 9.10. The quantitative estimate of drug-likeness (QED) is 0.700. The predicted molar refractivity (Wildman–Crippen MR) is 86.7 cm³/mol. The lowest BCUT2D eigenvalue weighted by Crippen LogP contribution is -2.10. The molecule has 1 unspecified atom stereocenters. The number of benzene rings is 2. The van der Waals surface area contributed by atoms with Gasteiger partial charge in [-0.15, -0.1) is 11.3 Å². The Labute approximate surface area is 125 Å². The summed E-state index contributed by atoms with van der Waals surface area (Å²) in [5.41, 5.74) is 7.62. The molecule has 3 rings (SSSR count). The Morgan fingerprint density at radius 3 is 2.42 bits per heavy atom. The summed E-state index contributed by atoms with van der Waals surface area (Å²) >= 11 is 5.37. The van der Waals surface area contributed by atoms with E-state index in [1.165, 1.54) is 26.1 Å². The highest BCUT2D eigenvalue weighted by Gasteiger charge is 2.14. The van der Waals surface area contributed by atoms with Crippen LogP contribution in [0.1, 0.15) is 21.4 Å². The Kier molecular flexibility index (Phi) is 3.44. The molecular weight excluding hydrogens is 318 g/mol. The van der Waals surface area contributed by atoms with Gasteiger partial charge in [0, 0.05) is 14.2 Å². The highest BCUT2D eigenvalue weighted by atomic mass is 79.9. The first kappa shape index (κ1) is 12.9. The first-order chi connectivity index (χ1) is 9.16. The Hall–Kier alpha value is -1.16. The number of halogens is 1. The van der Waals surface area contributed by atoms with Crippen molar-refractivity contribution in [2.75, 3.05) is 0 Å². The third kappa shape index (κ3) is 2.34. The number of nitrogens with two attached hydrogens (primary N) is 1. The molecule has 1 nitrogen and oxygen atoms in total. The van der Waals surface area contributed by atoms with Gasteiger partial charge in [0.25, 0.3) is 0 Å². The van der Waals surface area contributed by atoms with Gasteiger partial charge in [-0.2, -0.15) is 0 Å². The van der Waals surface area contributed by atoms with E-state index in [-0.39, 0.29) is 6.04 Å². The summed E-state index contributed by atoms with van der Waals surface area (Å²) in [4.78, 5) is 2.51. The van der Waals surface area contributed by atoms with Gasteiger partial charge < -0.3 is 5.73 Å². The zero-order valence-corrected chi connectivity index (χ0v) is 13.0.